The van der Waals surface area contributed by atoms with Gasteiger partial charge in [-0.3, -0.25) is 0 Å². The summed E-state index contributed by atoms with van der Waals surface area (Å²) in [6, 6.07) is 10.1. The molecule has 1 aromatic carbocycles. The predicted molar refractivity (Wildman–Crippen MR) is 78.3 cm³/mol. The van der Waals surface area contributed by atoms with E-state index in [0.717, 1.165) is 32.0 Å². The van der Waals surface area contributed by atoms with Gasteiger partial charge in [-0.2, -0.15) is 0 Å². The van der Waals surface area contributed by atoms with Gasteiger partial charge in [0.05, 0.1) is 19.6 Å². The topological polar surface area (TPSA) is 28.1 Å². The Labute approximate surface area is 113 Å². The molecule has 96 valence electrons. The minimum Gasteiger partial charge on any atom is -0.378 e. The highest BCUT2D eigenvalue weighted by atomic mass is 32.1. The molecule has 1 aliphatic heterocycles. The largest absolute Gasteiger partial charge is 0.378 e. The van der Waals surface area contributed by atoms with E-state index in [1.54, 1.807) is 6.34 Å². The lowest BCUT2D eigenvalue weighted by molar-refractivity contribution is 0.0686. The van der Waals surface area contributed by atoms with Crippen LogP contribution in [0.25, 0.3) is 0 Å². The van der Waals surface area contributed by atoms with Crippen LogP contribution in [-0.4, -0.2) is 49.7 Å². The molecular formula is C13H17N3OS. The summed E-state index contributed by atoms with van der Waals surface area (Å²) >= 11 is 5.29. The van der Waals surface area contributed by atoms with Crippen molar-refractivity contribution in [2.45, 2.75) is 0 Å². The molecule has 0 spiro atoms. The normalized spacial score (nSPS) is 15.9. The Bertz CT molecular complexity index is 416. The van der Waals surface area contributed by atoms with Gasteiger partial charge < -0.3 is 14.5 Å². The maximum Gasteiger partial charge on any atom is 0.196 e. The summed E-state index contributed by atoms with van der Waals surface area (Å²) in [6.07, 6.45) is 1.76. The lowest BCUT2D eigenvalue weighted by Gasteiger charge is -2.27. The first-order valence-electron chi connectivity index (χ1n) is 5.96. The third-order valence-corrected chi connectivity index (χ3v) is 3.15. The zero-order chi connectivity index (χ0) is 12.8. The highest BCUT2D eigenvalue weighted by Gasteiger charge is 2.12. The van der Waals surface area contributed by atoms with Gasteiger partial charge in [0.15, 0.2) is 5.11 Å². The summed E-state index contributed by atoms with van der Waals surface area (Å²) in [6.45, 7) is 3.10. The molecule has 0 bridgehead atoms. The van der Waals surface area contributed by atoms with Crippen molar-refractivity contribution >= 4 is 29.4 Å². The number of benzene rings is 1. The van der Waals surface area contributed by atoms with E-state index in [0.29, 0.717) is 5.11 Å². The van der Waals surface area contributed by atoms with Gasteiger partial charge in [-0.1, -0.05) is 18.2 Å². The second kappa shape index (κ2) is 6.47. The van der Waals surface area contributed by atoms with Crippen LogP contribution in [-0.2, 0) is 4.74 Å². The summed E-state index contributed by atoms with van der Waals surface area (Å²) in [5.41, 5.74) is 1.09. The van der Waals surface area contributed by atoms with E-state index in [-0.39, 0.29) is 0 Å². The molecule has 0 amide bonds. The molecule has 4 nitrogen and oxygen atoms in total. The van der Waals surface area contributed by atoms with Crippen molar-refractivity contribution in [1.29, 1.82) is 0 Å². The van der Waals surface area contributed by atoms with Crippen LogP contribution in [0.3, 0.4) is 0 Å². The average molecular weight is 263 g/mol. The number of hydrogen-bond donors (Lipinski definition) is 0. The SMILES string of the molecule is CN(C=NC(=S)N1CCOCC1)c1ccccc1. The van der Waals surface area contributed by atoms with Crippen LogP contribution >= 0.6 is 12.2 Å². The fraction of sp³-hybridized carbons (Fsp3) is 0.385. The molecule has 1 saturated heterocycles. The monoisotopic (exact) mass is 263 g/mol. The fourth-order valence-corrected chi connectivity index (χ4v) is 1.93. The lowest BCUT2D eigenvalue weighted by atomic mass is 10.3. The van der Waals surface area contributed by atoms with Crippen LogP contribution in [0.5, 0.6) is 0 Å². The van der Waals surface area contributed by atoms with Crippen LogP contribution in [0.1, 0.15) is 0 Å². The van der Waals surface area contributed by atoms with Gasteiger partial charge >= 0.3 is 0 Å². The van der Waals surface area contributed by atoms with E-state index in [2.05, 4.69) is 9.89 Å². The number of morpholine rings is 1. The highest BCUT2D eigenvalue weighted by molar-refractivity contribution is 7.80. The van der Waals surface area contributed by atoms with Gasteiger partial charge in [0, 0.05) is 25.8 Å². The molecule has 0 radical (unpaired) electrons. The van der Waals surface area contributed by atoms with Crippen LogP contribution in [0.15, 0.2) is 35.3 Å². The van der Waals surface area contributed by atoms with E-state index >= 15 is 0 Å². The Hall–Kier alpha value is -1.46. The Morgan fingerprint density at radius 2 is 2.00 bits per heavy atom. The molecule has 2 rings (SSSR count). The molecule has 0 atom stereocenters. The molecular weight excluding hydrogens is 246 g/mol. The Kier molecular flexibility index (Phi) is 4.66. The Morgan fingerprint density at radius 1 is 1.33 bits per heavy atom. The third kappa shape index (κ3) is 3.51. The smallest absolute Gasteiger partial charge is 0.196 e. The molecule has 1 aromatic rings. The number of ether oxygens (including phenoxy) is 1. The summed E-state index contributed by atoms with van der Waals surface area (Å²) < 4.78 is 5.28. The quantitative estimate of drug-likeness (QED) is 0.462. The summed E-state index contributed by atoms with van der Waals surface area (Å²) in [7, 11) is 1.96. The van der Waals surface area contributed by atoms with Crippen molar-refractivity contribution in [3.8, 4) is 0 Å². The van der Waals surface area contributed by atoms with Gasteiger partial charge in [0.1, 0.15) is 0 Å². The maximum absolute atomic E-state index is 5.29. The number of rotatable bonds is 2. The van der Waals surface area contributed by atoms with Gasteiger partial charge in [0.25, 0.3) is 0 Å². The van der Waals surface area contributed by atoms with E-state index < -0.39 is 0 Å². The van der Waals surface area contributed by atoms with Gasteiger partial charge in [-0.25, -0.2) is 4.99 Å². The van der Waals surface area contributed by atoms with Gasteiger partial charge in [0.2, 0.25) is 0 Å². The molecule has 18 heavy (non-hydrogen) atoms. The Balaban J connectivity index is 1.92. The van der Waals surface area contributed by atoms with Crippen LogP contribution in [0, 0.1) is 0 Å². The zero-order valence-electron chi connectivity index (χ0n) is 10.5. The Morgan fingerprint density at radius 3 is 2.67 bits per heavy atom. The minimum absolute atomic E-state index is 0.626. The van der Waals surface area contributed by atoms with Crippen LogP contribution in [0.4, 0.5) is 5.69 Å². The second-order valence-corrected chi connectivity index (χ2v) is 4.44. The molecule has 1 fully saturated rings. The number of thiocarbonyl (C=S) groups is 1. The molecule has 0 aliphatic carbocycles. The van der Waals surface area contributed by atoms with Crippen molar-refractivity contribution in [1.82, 2.24) is 4.90 Å². The molecule has 5 heteroatoms. The number of para-hydroxylation sites is 1. The average Bonchev–Trinajstić information content (AvgIpc) is 2.46. The van der Waals surface area contributed by atoms with Crippen molar-refractivity contribution in [2.24, 2.45) is 4.99 Å². The van der Waals surface area contributed by atoms with Crippen molar-refractivity contribution in [3.05, 3.63) is 30.3 Å². The van der Waals surface area contributed by atoms with Crippen molar-refractivity contribution < 1.29 is 4.74 Å². The third-order valence-electron chi connectivity index (χ3n) is 2.79. The first-order valence-corrected chi connectivity index (χ1v) is 6.37. The number of aliphatic imine (C=N–C) groups is 1. The molecule has 1 heterocycles. The van der Waals surface area contributed by atoms with E-state index in [9.17, 15) is 0 Å². The first-order chi connectivity index (χ1) is 8.77. The van der Waals surface area contributed by atoms with Gasteiger partial charge in [-0.15, -0.1) is 0 Å². The predicted octanol–water partition coefficient (Wildman–Crippen LogP) is 1.77. The summed E-state index contributed by atoms with van der Waals surface area (Å²) in [5.74, 6) is 0. The van der Waals surface area contributed by atoms with Crippen molar-refractivity contribution in [2.75, 3.05) is 38.3 Å². The van der Waals surface area contributed by atoms with E-state index in [1.807, 2.05) is 42.3 Å². The molecule has 0 saturated carbocycles. The van der Waals surface area contributed by atoms with E-state index in [1.165, 1.54) is 0 Å². The number of hydrogen-bond acceptors (Lipinski definition) is 2. The molecule has 0 N–H and O–H groups in total. The zero-order valence-corrected chi connectivity index (χ0v) is 11.3. The molecule has 0 aromatic heterocycles. The first kappa shape index (κ1) is 13.0. The summed E-state index contributed by atoms with van der Waals surface area (Å²) in [5, 5.41) is 0.626. The van der Waals surface area contributed by atoms with Gasteiger partial charge in [-0.05, 0) is 24.4 Å². The minimum atomic E-state index is 0.626. The fourth-order valence-electron chi connectivity index (χ4n) is 1.70. The maximum atomic E-state index is 5.29. The van der Waals surface area contributed by atoms with Crippen LogP contribution in [0.2, 0.25) is 0 Å². The summed E-state index contributed by atoms with van der Waals surface area (Å²) in [4.78, 5) is 8.34. The lowest BCUT2D eigenvalue weighted by Crippen LogP contribution is -2.39. The van der Waals surface area contributed by atoms with Crippen molar-refractivity contribution in [3.63, 3.8) is 0 Å². The van der Waals surface area contributed by atoms with Crippen LogP contribution < -0.4 is 4.90 Å². The standard InChI is InChI=1S/C13H17N3OS/c1-15(12-5-3-2-4-6-12)11-14-13(18)16-7-9-17-10-8-16/h2-6,11H,7-10H2,1H3. The number of nitrogens with zero attached hydrogens (tertiary/aromatic N) is 3. The number of anilines is 1. The second-order valence-electron chi connectivity index (χ2n) is 4.07. The molecule has 1 aliphatic rings. The highest BCUT2D eigenvalue weighted by Crippen LogP contribution is 2.09. The van der Waals surface area contributed by atoms with E-state index in [4.69, 9.17) is 17.0 Å². The molecule has 0 unspecified atom stereocenters.